The Labute approximate surface area is 122 Å². The second kappa shape index (κ2) is 5.22. The molecule has 0 atom stereocenters. The highest BCUT2D eigenvalue weighted by atomic mass is 79.9. The summed E-state index contributed by atoms with van der Waals surface area (Å²) in [6, 6.07) is 8.87. The van der Waals surface area contributed by atoms with Crippen molar-refractivity contribution in [3.8, 4) is 17.2 Å². The molecule has 0 fully saturated rings. The highest BCUT2D eigenvalue weighted by molar-refractivity contribution is 9.11. The van der Waals surface area contributed by atoms with Gasteiger partial charge in [0.25, 0.3) is 0 Å². The van der Waals surface area contributed by atoms with Crippen molar-refractivity contribution < 1.29 is 19.0 Å². The molecule has 0 N–H and O–H groups in total. The smallest absolute Gasteiger partial charge is 0.231 e. The van der Waals surface area contributed by atoms with Crippen molar-refractivity contribution in [1.82, 2.24) is 0 Å². The van der Waals surface area contributed by atoms with Crippen LogP contribution in [0.15, 0.2) is 34.1 Å². The van der Waals surface area contributed by atoms with Crippen molar-refractivity contribution in [2.45, 2.75) is 0 Å². The number of ether oxygens (including phenoxy) is 3. The molecule has 2 aromatic rings. The second-order valence-electron chi connectivity index (χ2n) is 3.83. The van der Waals surface area contributed by atoms with Gasteiger partial charge < -0.3 is 14.2 Å². The van der Waals surface area contributed by atoms with Gasteiger partial charge in [0.05, 0.1) is 8.66 Å². The molecule has 0 spiro atoms. The first kappa shape index (κ1) is 12.5. The SMILES string of the molecule is O=C(COc1ccc2c(c1)OCO2)c1ccc(Br)s1. The fourth-order valence-corrected chi connectivity index (χ4v) is 2.96. The Morgan fingerprint density at radius 3 is 2.89 bits per heavy atom. The fourth-order valence-electron chi connectivity index (χ4n) is 1.65. The number of rotatable bonds is 4. The average Bonchev–Trinajstić information content (AvgIpc) is 3.03. The summed E-state index contributed by atoms with van der Waals surface area (Å²) in [5.41, 5.74) is 0. The van der Waals surface area contributed by atoms with Crippen LogP contribution in [0.1, 0.15) is 9.67 Å². The summed E-state index contributed by atoms with van der Waals surface area (Å²) in [4.78, 5) is 12.5. The third-order valence-corrected chi connectivity index (χ3v) is 4.23. The van der Waals surface area contributed by atoms with Gasteiger partial charge in [-0.25, -0.2) is 0 Å². The molecule has 0 unspecified atom stereocenters. The van der Waals surface area contributed by atoms with Crippen molar-refractivity contribution in [2.24, 2.45) is 0 Å². The number of thiophene rings is 1. The Hall–Kier alpha value is -1.53. The lowest BCUT2D eigenvalue weighted by Gasteiger charge is -2.05. The highest BCUT2D eigenvalue weighted by Crippen LogP contribution is 2.35. The number of carbonyl (C=O) groups is 1. The van der Waals surface area contributed by atoms with Gasteiger partial charge in [0, 0.05) is 6.07 Å². The first-order valence-corrected chi connectivity index (χ1v) is 7.14. The molecule has 98 valence electrons. The molecule has 0 saturated carbocycles. The molecule has 0 radical (unpaired) electrons. The minimum atomic E-state index is -0.0478. The number of ketones is 1. The Kier molecular flexibility index (Phi) is 3.44. The van der Waals surface area contributed by atoms with Gasteiger partial charge in [-0.1, -0.05) is 0 Å². The van der Waals surface area contributed by atoms with Gasteiger partial charge in [0.2, 0.25) is 12.6 Å². The minimum Gasteiger partial charge on any atom is -0.485 e. The van der Waals surface area contributed by atoms with E-state index in [1.807, 2.05) is 6.07 Å². The van der Waals surface area contributed by atoms with Crippen molar-refractivity contribution >= 4 is 33.0 Å². The van der Waals surface area contributed by atoms with Gasteiger partial charge in [-0.3, -0.25) is 4.79 Å². The lowest BCUT2D eigenvalue weighted by molar-refractivity contribution is 0.0925. The average molecular weight is 341 g/mol. The van der Waals surface area contributed by atoms with E-state index in [0.717, 1.165) is 3.79 Å². The lowest BCUT2D eigenvalue weighted by Crippen LogP contribution is -2.09. The first-order chi connectivity index (χ1) is 9.22. The zero-order valence-electron chi connectivity index (χ0n) is 9.72. The quantitative estimate of drug-likeness (QED) is 0.799. The molecule has 1 aromatic heterocycles. The highest BCUT2D eigenvalue weighted by Gasteiger charge is 2.15. The zero-order chi connectivity index (χ0) is 13.2. The third kappa shape index (κ3) is 2.74. The predicted molar refractivity (Wildman–Crippen MR) is 74.4 cm³/mol. The van der Waals surface area contributed by atoms with Crippen LogP contribution in [0.25, 0.3) is 0 Å². The summed E-state index contributed by atoms with van der Waals surface area (Å²) >= 11 is 4.72. The maximum absolute atomic E-state index is 11.9. The molecule has 1 aromatic carbocycles. The second-order valence-corrected chi connectivity index (χ2v) is 6.29. The van der Waals surface area contributed by atoms with Crippen molar-refractivity contribution in [1.29, 1.82) is 0 Å². The van der Waals surface area contributed by atoms with E-state index in [9.17, 15) is 4.79 Å². The van der Waals surface area contributed by atoms with Gasteiger partial charge in [0.1, 0.15) is 5.75 Å². The number of carbonyl (C=O) groups excluding carboxylic acids is 1. The van der Waals surface area contributed by atoms with E-state index in [1.165, 1.54) is 11.3 Å². The number of hydrogen-bond acceptors (Lipinski definition) is 5. The van der Waals surface area contributed by atoms with Crippen LogP contribution in [0, 0.1) is 0 Å². The van der Waals surface area contributed by atoms with Gasteiger partial charge in [0.15, 0.2) is 18.1 Å². The van der Waals surface area contributed by atoms with Crippen molar-refractivity contribution in [3.63, 3.8) is 0 Å². The molecule has 0 saturated heterocycles. The maximum Gasteiger partial charge on any atom is 0.231 e. The molecular formula is C13H9BrO4S. The van der Waals surface area contributed by atoms with Gasteiger partial charge in [-0.05, 0) is 40.2 Å². The zero-order valence-corrected chi connectivity index (χ0v) is 12.1. The number of halogens is 1. The van der Waals surface area contributed by atoms with Crippen LogP contribution in [-0.4, -0.2) is 19.2 Å². The van der Waals surface area contributed by atoms with E-state index in [4.69, 9.17) is 14.2 Å². The van der Waals surface area contributed by atoms with E-state index >= 15 is 0 Å². The van der Waals surface area contributed by atoms with Crippen LogP contribution >= 0.6 is 27.3 Å². The Balaban J connectivity index is 1.64. The predicted octanol–water partition coefficient (Wildman–Crippen LogP) is 3.50. The summed E-state index contributed by atoms with van der Waals surface area (Å²) in [5.74, 6) is 1.88. The molecule has 3 rings (SSSR count). The van der Waals surface area contributed by atoms with Crippen LogP contribution in [0.5, 0.6) is 17.2 Å². The van der Waals surface area contributed by atoms with Gasteiger partial charge >= 0.3 is 0 Å². The monoisotopic (exact) mass is 340 g/mol. The number of hydrogen-bond donors (Lipinski definition) is 0. The van der Waals surface area contributed by atoms with Crippen LogP contribution in [0.4, 0.5) is 0 Å². The largest absolute Gasteiger partial charge is 0.485 e. The molecule has 19 heavy (non-hydrogen) atoms. The van der Waals surface area contributed by atoms with Crippen molar-refractivity contribution in [3.05, 3.63) is 39.0 Å². The Morgan fingerprint density at radius 1 is 1.26 bits per heavy atom. The van der Waals surface area contributed by atoms with E-state index in [-0.39, 0.29) is 19.2 Å². The number of fused-ring (bicyclic) bond motifs is 1. The van der Waals surface area contributed by atoms with Crippen LogP contribution in [0.2, 0.25) is 0 Å². The van der Waals surface area contributed by atoms with E-state index in [2.05, 4.69) is 15.9 Å². The molecule has 4 nitrogen and oxygen atoms in total. The Bertz CT molecular complexity index is 623. The van der Waals surface area contributed by atoms with Gasteiger partial charge in [-0.15, -0.1) is 11.3 Å². The maximum atomic E-state index is 11.9. The molecule has 1 aliphatic rings. The van der Waals surface area contributed by atoms with Gasteiger partial charge in [-0.2, -0.15) is 0 Å². The molecule has 0 amide bonds. The molecule has 0 bridgehead atoms. The summed E-state index contributed by atoms with van der Waals surface area (Å²) < 4.78 is 16.8. The summed E-state index contributed by atoms with van der Waals surface area (Å²) in [5, 5.41) is 0. The standard InChI is InChI=1S/C13H9BrO4S/c14-13-4-3-12(19-13)9(15)6-16-8-1-2-10-11(5-8)18-7-17-10/h1-5H,6-7H2. The number of benzene rings is 1. The molecule has 0 aliphatic carbocycles. The van der Waals surface area contributed by atoms with E-state index in [1.54, 1.807) is 24.3 Å². The van der Waals surface area contributed by atoms with Crippen molar-refractivity contribution in [2.75, 3.05) is 13.4 Å². The minimum absolute atomic E-state index is 0.00654. The van der Waals surface area contributed by atoms with Crippen LogP contribution < -0.4 is 14.2 Å². The molecule has 2 heterocycles. The molecular weight excluding hydrogens is 332 g/mol. The number of Topliss-reactive ketones (excluding diaryl/α,β-unsaturated/α-hetero) is 1. The topological polar surface area (TPSA) is 44.8 Å². The first-order valence-electron chi connectivity index (χ1n) is 5.53. The summed E-state index contributed by atoms with van der Waals surface area (Å²) in [6.45, 7) is 0.230. The van der Waals surface area contributed by atoms with E-state index in [0.29, 0.717) is 22.1 Å². The van der Waals surface area contributed by atoms with Crippen LogP contribution in [-0.2, 0) is 0 Å². The normalized spacial score (nSPS) is 12.5. The summed E-state index contributed by atoms with van der Waals surface area (Å²) in [6.07, 6.45) is 0. The molecule has 6 heteroatoms. The summed E-state index contributed by atoms with van der Waals surface area (Å²) in [7, 11) is 0. The lowest BCUT2D eigenvalue weighted by atomic mass is 10.3. The van der Waals surface area contributed by atoms with Crippen LogP contribution in [0.3, 0.4) is 0 Å². The molecule has 1 aliphatic heterocycles. The Morgan fingerprint density at radius 2 is 2.11 bits per heavy atom. The third-order valence-electron chi connectivity index (χ3n) is 2.56. The van der Waals surface area contributed by atoms with E-state index < -0.39 is 0 Å². The fraction of sp³-hybridized carbons (Fsp3) is 0.154.